The van der Waals surface area contributed by atoms with Crippen LogP contribution in [0.2, 0.25) is 0 Å². The summed E-state index contributed by atoms with van der Waals surface area (Å²) in [7, 11) is 1.77. The lowest BCUT2D eigenvalue weighted by atomic mass is 9.99. The van der Waals surface area contributed by atoms with E-state index in [1.54, 1.807) is 11.9 Å². The second-order valence-corrected chi connectivity index (χ2v) is 5.34. The van der Waals surface area contributed by atoms with Crippen LogP contribution in [0.15, 0.2) is 24.3 Å². The minimum atomic E-state index is -0.427. The molecule has 0 radical (unpaired) electrons. The van der Waals surface area contributed by atoms with E-state index in [9.17, 15) is 4.79 Å². The van der Waals surface area contributed by atoms with Gasteiger partial charge in [0.05, 0.1) is 12.6 Å². The second-order valence-electron chi connectivity index (χ2n) is 5.34. The molecule has 0 heterocycles. The molecule has 0 spiro atoms. The smallest absolute Gasteiger partial charge is 0.239 e. The van der Waals surface area contributed by atoms with Crippen molar-refractivity contribution < 1.29 is 9.53 Å². The maximum absolute atomic E-state index is 12.1. The molecule has 0 aliphatic carbocycles. The zero-order valence-corrected chi connectivity index (χ0v) is 12.9. The number of rotatable bonds is 7. The van der Waals surface area contributed by atoms with Crippen molar-refractivity contribution in [2.75, 3.05) is 20.2 Å². The van der Waals surface area contributed by atoms with Gasteiger partial charge in [0, 0.05) is 7.05 Å². The van der Waals surface area contributed by atoms with Crippen LogP contribution >= 0.6 is 0 Å². The van der Waals surface area contributed by atoms with Gasteiger partial charge in [0.2, 0.25) is 5.91 Å². The molecule has 1 aromatic rings. The number of aryl methyl sites for hydroxylation is 1. The summed E-state index contributed by atoms with van der Waals surface area (Å²) in [5.74, 6) is 1.01. The Balaban J connectivity index is 2.39. The van der Waals surface area contributed by atoms with Gasteiger partial charge in [0.25, 0.3) is 0 Å². The minimum absolute atomic E-state index is 0.0211. The molecule has 112 valence electrons. The molecule has 1 aromatic carbocycles. The third-order valence-electron chi connectivity index (χ3n) is 3.60. The van der Waals surface area contributed by atoms with Gasteiger partial charge in [-0.1, -0.05) is 32.4 Å². The number of amides is 1. The summed E-state index contributed by atoms with van der Waals surface area (Å²) in [5, 5.41) is 0. The van der Waals surface area contributed by atoms with Crippen LogP contribution < -0.4 is 10.5 Å². The van der Waals surface area contributed by atoms with Crippen LogP contribution in [0.5, 0.6) is 5.75 Å². The van der Waals surface area contributed by atoms with E-state index in [0.29, 0.717) is 13.2 Å². The summed E-state index contributed by atoms with van der Waals surface area (Å²) in [6, 6.07) is 7.45. The van der Waals surface area contributed by atoms with Crippen molar-refractivity contribution in [3.63, 3.8) is 0 Å². The molecule has 20 heavy (non-hydrogen) atoms. The molecule has 2 atom stereocenters. The normalized spacial score (nSPS) is 13.7. The highest BCUT2D eigenvalue weighted by Crippen LogP contribution is 2.12. The number of hydrogen-bond donors (Lipinski definition) is 1. The van der Waals surface area contributed by atoms with Gasteiger partial charge in [-0.05, 0) is 30.5 Å². The molecule has 4 nitrogen and oxygen atoms in total. The number of nitrogens with two attached hydrogens (primary N) is 1. The van der Waals surface area contributed by atoms with Crippen LogP contribution in [0.25, 0.3) is 0 Å². The summed E-state index contributed by atoms with van der Waals surface area (Å²) < 4.78 is 5.64. The topological polar surface area (TPSA) is 55.6 Å². The predicted octanol–water partition coefficient (Wildman–Crippen LogP) is 2.21. The number of ether oxygens (including phenoxy) is 1. The van der Waals surface area contributed by atoms with E-state index < -0.39 is 6.04 Å². The molecule has 0 fully saturated rings. The first kappa shape index (κ1) is 16.5. The largest absolute Gasteiger partial charge is 0.492 e. The molecule has 0 aliphatic rings. The molecular formula is C16H26N2O2. The van der Waals surface area contributed by atoms with Crippen LogP contribution in [0.3, 0.4) is 0 Å². The highest BCUT2D eigenvalue weighted by Gasteiger charge is 2.22. The van der Waals surface area contributed by atoms with E-state index in [1.807, 2.05) is 45.0 Å². The van der Waals surface area contributed by atoms with Crippen molar-refractivity contribution in [3.8, 4) is 5.75 Å². The zero-order valence-electron chi connectivity index (χ0n) is 12.9. The average molecular weight is 278 g/mol. The first-order chi connectivity index (χ1) is 9.45. The maximum Gasteiger partial charge on any atom is 0.239 e. The lowest BCUT2D eigenvalue weighted by molar-refractivity contribution is -0.132. The number of nitrogens with zero attached hydrogens (tertiary/aromatic N) is 1. The third kappa shape index (κ3) is 4.85. The van der Waals surface area contributed by atoms with Crippen LogP contribution in [-0.2, 0) is 4.79 Å². The van der Waals surface area contributed by atoms with Crippen molar-refractivity contribution >= 4 is 5.91 Å². The van der Waals surface area contributed by atoms with Crippen molar-refractivity contribution in [1.29, 1.82) is 0 Å². The van der Waals surface area contributed by atoms with Gasteiger partial charge in [-0.3, -0.25) is 4.79 Å². The van der Waals surface area contributed by atoms with Crippen molar-refractivity contribution in [2.45, 2.75) is 33.2 Å². The molecule has 4 heteroatoms. The number of carbonyl (C=O) groups is 1. The van der Waals surface area contributed by atoms with E-state index in [2.05, 4.69) is 0 Å². The Bertz CT molecular complexity index is 434. The fourth-order valence-corrected chi connectivity index (χ4v) is 1.87. The van der Waals surface area contributed by atoms with Gasteiger partial charge in [0.1, 0.15) is 12.4 Å². The Morgan fingerprint density at radius 3 is 2.75 bits per heavy atom. The molecule has 0 aromatic heterocycles. The molecule has 0 saturated heterocycles. The van der Waals surface area contributed by atoms with Gasteiger partial charge >= 0.3 is 0 Å². The minimum Gasteiger partial charge on any atom is -0.492 e. The molecule has 1 rings (SSSR count). The Hall–Kier alpha value is -1.55. The van der Waals surface area contributed by atoms with E-state index in [4.69, 9.17) is 10.5 Å². The maximum atomic E-state index is 12.1. The Morgan fingerprint density at radius 2 is 2.15 bits per heavy atom. The fraction of sp³-hybridized carbons (Fsp3) is 0.562. The number of likely N-dealkylation sites (N-methyl/N-ethyl adjacent to an activating group) is 1. The fourth-order valence-electron chi connectivity index (χ4n) is 1.87. The van der Waals surface area contributed by atoms with Gasteiger partial charge in [-0.25, -0.2) is 0 Å². The quantitative estimate of drug-likeness (QED) is 0.832. The summed E-state index contributed by atoms with van der Waals surface area (Å²) >= 11 is 0. The van der Waals surface area contributed by atoms with Crippen molar-refractivity contribution in [1.82, 2.24) is 4.90 Å². The van der Waals surface area contributed by atoms with Crippen LogP contribution in [0.4, 0.5) is 0 Å². The molecular weight excluding hydrogens is 252 g/mol. The lowest BCUT2D eigenvalue weighted by Gasteiger charge is -2.24. The predicted molar refractivity (Wildman–Crippen MR) is 81.7 cm³/mol. The van der Waals surface area contributed by atoms with Crippen LogP contribution in [0.1, 0.15) is 25.8 Å². The van der Waals surface area contributed by atoms with Gasteiger partial charge < -0.3 is 15.4 Å². The first-order valence-corrected chi connectivity index (χ1v) is 7.15. The van der Waals surface area contributed by atoms with E-state index in [1.165, 1.54) is 0 Å². The van der Waals surface area contributed by atoms with E-state index in [-0.39, 0.29) is 11.8 Å². The highest BCUT2D eigenvalue weighted by molar-refractivity contribution is 5.81. The molecule has 0 saturated carbocycles. The number of hydrogen-bond acceptors (Lipinski definition) is 3. The van der Waals surface area contributed by atoms with Crippen LogP contribution in [-0.4, -0.2) is 37.0 Å². The number of carbonyl (C=O) groups excluding carboxylic acids is 1. The first-order valence-electron chi connectivity index (χ1n) is 7.15. The SMILES string of the molecule is CC[C@H](C)[C@H](N)C(=O)N(C)CCOc1cccc(C)c1. The van der Waals surface area contributed by atoms with E-state index >= 15 is 0 Å². The zero-order chi connectivity index (χ0) is 15.1. The number of benzene rings is 1. The van der Waals surface area contributed by atoms with Gasteiger partial charge in [-0.2, -0.15) is 0 Å². The Labute approximate surface area is 121 Å². The van der Waals surface area contributed by atoms with Crippen molar-refractivity contribution in [3.05, 3.63) is 29.8 Å². The average Bonchev–Trinajstić information content (AvgIpc) is 2.44. The van der Waals surface area contributed by atoms with Crippen molar-refractivity contribution in [2.24, 2.45) is 11.7 Å². The molecule has 0 aliphatic heterocycles. The monoisotopic (exact) mass is 278 g/mol. The standard InChI is InChI=1S/C16H26N2O2/c1-5-13(3)15(17)16(19)18(4)9-10-20-14-8-6-7-12(2)11-14/h6-8,11,13,15H,5,9-10,17H2,1-4H3/t13-,15-/m0/s1. The van der Waals surface area contributed by atoms with Gasteiger partial charge in [0.15, 0.2) is 0 Å². The highest BCUT2D eigenvalue weighted by atomic mass is 16.5. The van der Waals surface area contributed by atoms with E-state index in [0.717, 1.165) is 17.7 Å². The summed E-state index contributed by atoms with van der Waals surface area (Å²) in [6.45, 7) is 7.07. The van der Waals surface area contributed by atoms with Gasteiger partial charge in [-0.15, -0.1) is 0 Å². The lowest BCUT2D eigenvalue weighted by Crippen LogP contribution is -2.46. The summed E-state index contributed by atoms with van der Waals surface area (Å²) in [4.78, 5) is 13.7. The molecule has 0 unspecified atom stereocenters. The third-order valence-corrected chi connectivity index (χ3v) is 3.60. The molecule has 2 N–H and O–H groups in total. The Morgan fingerprint density at radius 1 is 1.45 bits per heavy atom. The second kappa shape index (κ2) is 7.90. The molecule has 0 bridgehead atoms. The molecule has 1 amide bonds. The van der Waals surface area contributed by atoms with Crippen LogP contribution in [0, 0.1) is 12.8 Å². The summed E-state index contributed by atoms with van der Waals surface area (Å²) in [5.41, 5.74) is 7.10. The summed E-state index contributed by atoms with van der Waals surface area (Å²) in [6.07, 6.45) is 0.903. The Kier molecular flexibility index (Phi) is 6.52.